The fourth-order valence-electron chi connectivity index (χ4n) is 4.26. The van der Waals surface area contributed by atoms with Crippen LogP contribution in [0.3, 0.4) is 0 Å². The van der Waals surface area contributed by atoms with Crippen LogP contribution in [-0.4, -0.2) is 54.2 Å². The van der Waals surface area contributed by atoms with Crippen molar-refractivity contribution in [1.82, 2.24) is 9.80 Å². The fraction of sp³-hybridized carbons (Fsp3) is 0.375. The van der Waals surface area contributed by atoms with E-state index in [0.29, 0.717) is 17.7 Å². The number of rotatable bonds is 6. The number of imide groups is 1. The summed E-state index contributed by atoms with van der Waals surface area (Å²) in [4.78, 5) is 43.1. The van der Waals surface area contributed by atoms with Crippen LogP contribution in [0.4, 0.5) is 5.69 Å². The van der Waals surface area contributed by atoms with Crippen LogP contribution in [0, 0.1) is 6.92 Å². The molecule has 0 saturated carbocycles. The average molecular weight is 405 g/mol. The summed E-state index contributed by atoms with van der Waals surface area (Å²) in [7, 11) is 1.77. The van der Waals surface area contributed by atoms with E-state index in [0.717, 1.165) is 24.2 Å². The molecule has 2 aliphatic rings. The maximum Gasteiger partial charge on any atom is 0.261 e. The Kier molecular flexibility index (Phi) is 5.57. The Labute approximate surface area is 177 Å². The number of hydrogen-bond donors (Lipinski definition) is 0. The highest BCUT2D eigenvalue weighted by Crippen LogP contribution is 2.26. The molecule has 1 fully saturated rings. The van der Waals surface area contributed by atoms with E-state index in [1.54, 1.807) is 24.1 Å². The maximum absolute atomic E-state index is 12.7. The Morgan fingerprint density at radius 2 is 1.70 bits per heavy atom. The quantitative estimate of drug-likeness (QED) is 0.693. The molecule has 0 atom stereocenters. The van der Waals surface area contributed by atoms with Crippen LogP contribution in [0.25, 0.3) is 0 Å². The van der Waals surface area contributed by atoms with E-state index < -0.39 is 0 Å². The third-order valence-electron chi connectivity index (χ3n) is 5.95. The van der Waals surface area contributed by atoms with Crippen molar-refractivity contribution >= 4 is 23.4 Å². The minimum atomic E-state index is -0.315. The lowest BCUT2D eigenvalue weighted by Gasteiger charge is -2.25. The van der Waals surface area contributed by atoms with Crippen molar-refractivity contribution in [3.63, 3.8) is 0 Å². The van der Waals surface area contributed by atoms with E-state index in [1.807, 2.05) is 25.1 Å². The van der Waals surface area contributed by atoms with Gasteiger partial charge in [0.25, 0.3) is 11.8 Å². The number of carbonyl (C=O) groups excluding carboxylic acids is 3. The highest BCUT2D eigenvalue weighted by Gasteiger charge is 2.35. The summed E-state index contributed by atoms with van der Waals surface area (Å²) < 4.78 is 0. The normalized spacial score (nSPS) is 15.7. The largest absolute Gasteiger partial charge is 0.371 e. The van der Waals surface area contributed by atoms with Gasteiger partial charge >= 0.3 is 0 Å². The van der Waals surface area contributed by atoms with Crippen LogP contribution in [0.2, 0.25) is 0 Å². The van der Waals surface area contributed by atoms with Crippen molar-refractivity contribution in [2.75, 3.05) is 31.6 Å². The summed E-state index contributed by atoms with van der Waals surface area (Å²) >= 11 is 0. The topological polar surface area (TPSA) is 60.9 Å². The molecule has 0 N–H and O–H groups in total. The predicted molar refractivity (Wildman–Crippen MR) is 116 cm³/mol. The molecule has 0 spiro atoms. The van der Waals surface area contributed by atoms with E-state index in [2.05, 4.69) is 17.0 Å². The van der Waals surface area contributed by atoms with Crippen molar-refractivity contribution in [3.05, 3.63) is 64.7 Å². The van der Waals surface area contributed by atoms with Gasteiger partial charge < -0.3 is 9.80 Å². The Balaban J connectivity index is 1.38. The minimum absolute atomic E-state index is 0.0843. The summed E-state index contributed by atoms with van der Waals surface area (Å²) in [6, 6.07) is 13.4. The van der Waals surface area contributed by atoms with Crippen LogP contribution in [0.5, 0.6) is 0 Å². The first-order valence-corrected chi connectivity index (χ1v) is 10.5. The van der Waals surface area contributed by atoms with Gasteiger partial charge in [-0.3, -0.25) is 19.3 Å². The lowest BCUT2D eigenvalue weighted by atomic mass is 10.1. The standard InChI is InChI=1S/C24H27N3O3/c1-17-9-10-19-20(15-17)24(30)27(23(19)29)14-11-22(28)25(2)16-18-7-3-4-8-21(18)26-12-5-6-13-26/h3-4,7-10,15H,5-6,11-14,16H2,1-2H3. The summed E-state index contributed by atoms with van der Waals surface area (Å²) in [6.07, 6.45) is 2.51. The van der Waals surface area contributed by atoms with E-state index in [1.165, 1.54) is 23.4 Å². The Bertz CT molecular complexity index is 995. The molecule has 0 radical (unpaired) electrons. The van der Waals surface area contributed by atoms with Gasteiger partial charge in [0, 0.05) is 45.3 Å². The average Bonchev–Trinajstić information content (AvgIpc) is 3.35. The first-order valence-electron chi connectivity index (χ1n) is 10.5. The lowest BCUT2D eigenvalue weighted by Crippen LogP contribution is -2.35. The predicted octanol–water partition coefficient (Wildman–Crippen LogP) is 3.24. The number of hydrogen-bond acceptors (Lipinski definition) is 4. The first-order chi connectivity index (χ1) is 14.5. The lowest BCUT2D eigenvalue weighted by molar-refractivity contribution is -0.130. The highest BCUT2D eigenvalue weighted by atomic mass is 16.2. The highest BCUT2D eigenvalue weighted by molar-refractivity contribution is 6.21. The van der Waals surface area contributed by atoms with Gasteiger partial charge in [0.2, 0.25) is 5.91 Å². The van der Waals surface area contributed by atoms with E-state index in [-0.39, 0.29) is 30.7 Å². The Morgan fingerprint density at radius 3 is 2.47 bits per heavy atom. The summed E-state index contributed by atoms with van der Waals surface area (Å²) in [5.41, 5.74) is 4.09. The third kappa shape index (κ3) is 3.82. The van der Waals surface area contributed by atoms with Gasteiger partial charge in [-0.2, -0.15) is 0 Å². The van der Waals surface area contributed by atoms with Gasteiger partial charge in [-0.25, -0.2) is 0 Å². The molecule has 3 amide bonds. The molecular formula is C24H27N3O3. The zero-order valence-corrected chi connectivity index (χ0v) is 17.6. The monoisotopic (exact) mass is 405 g/mol. The molecule has 156 valence electrons. The smallest absolute Gasteiger partial charge is 0.261 e. The zero-order valence-electron chi connectivity index (χ0n) is 17.6. The van der Waals surface area contributed by atoms with Crippen LogP contribution in [-0.2, 0) is 11.3 Å². The molecule has 0 unspecified atom stereocenters. The second kappa shape index (κ2) is 8.30. The number of aryl methyl sites for hydroxylation is 1. The van der Waals surface area contributed by atoms with Gasteiger partial charge in [0.1, 0.15) is 0 Å². The molecule has 0 bridgehead atoms. The summed E-state index contributed by atoms with van der Waals surface area (Å²) in [6.45, 7) is 4.59. The zero-order chi connectivity index (χ0) is 21.3. The third-order valence-corrected chi connectivity index (χ3v) is 5.95. The molecule has 2 aromatic rings. The molecular weight excluding hydrogens is 378 g/mol. The van der Waals surface area contributed by atoms with E-state index >= 15 is 0 Å². The minimum Gasteiger partial charge on any atom is -0.371 e. The molecule has 4 rings (SSSR count). The fourth-order valence-corrected chi connectivity index (χ4v) is 4.26. The molecule has 2 aliphatic heterocycles. The van der Waals surface area contributed by atoms with Gasteiger partial charge in [-0.1, -0.05) is 29.8 Å². The van der Waals surface area contributed by atoms with Crippen molar-refractivity contribution in [2.45, 2.75) is 32.7 Å². The second-order valence-corrected chi connectivity index (χ2v) is 8.13. The number of fused-ring (bicyclic) bond motifs is 1. The van der Waals surface area contributed by atoms with Crippen LogP contribution in [0.1, 0.15) is 51.1 Å². The molecule has 0 aliphatic carbocycles. The Hall–Kier alpha value is -3.15. The van der Waals surface area contributed by atoms with Gasteiger partial charge in [-0.15, -0.1) is 0 Å². The molecule has 0 aromatic heterocycles. The van der Waals surface area contributed by atoms with Crippen molar-refractivity contribution in [3.8, 4) is 0 Å². The molecule has 1 saturated heterocycles. The van der Waals surface area contributed by atoms with Crippen molar-refractivity contribution < 1.29 is 14.4 Å². The van der Waals surface area contributed by atoms with Crippen molar-refractivity contribution in [1.29, 1.82) is 0 Å². The number of benzene rings is 2. The van der Waals surface area contributed by atoms with Crippen LogP contribution >= 0.6 is 0 Å². The van der Waals surface area contributed by atoms with Crippen LogP contribution < -0.4 is 4.90 Å². The number of anilines is 1. The van der Waals surface area contributed by atoms with Crippen LogP contribution in [0.15, 0.2) is 42.5 Å². The summed E-state index contributed by atoms with van der Waals surface area (Å²) in [5.74, 6) is -0.711. The molecule has 2 aromatic carbocycles. The number of nitrogens with zero attached hydrogens (tertiary/aromatic N) is 3. The number of carbonyl (C=O) groups is 3. The van der Waals surface area contributed by atoms with E-state index in [4.69, 9.17) is 0 Å². The maximum atomic E-state index is 12.7. The molecule has 2 heterocycles. The van der Waals surface area contributed by atoms with Gasteiger partial charge in [0.05, 0.1) is 11.1 Å². The Morgan fingerprint density at radius 1 is 1.00 bits per heavy atom. The molecule has 30 heavy (non-hydrogen) atoms. The summed E-state index contributed by atoms with van der Waals surface area (Å²) in [5, 5.41) is 0. The molecule has 6 nitrogen and oxygen atoms in total. The number of amides is 3. The second-order valence-electron chi connectivity index (χ2n) is 8.13. The molecule has 6 heteroatoms. The first kappa shape index (κ1) is 20.1. The number of para-hydroxylation sites is 1. The van der Waals surface area contributed by atoms with Crippen molar-refractivity contribution in [2.24, 2.45) is 0 Å². The van der Waals surface area contributed by atoms with Gasteiger partial charge in [0.15, 0.2) is 0 Å². The SMILES string of the molecule is Cc1ccc2c(c1)C(=O)N(CCC(=O)N(C)Cc1ccccc1N1CCCC1)C2=O. The van der Waals surface area contributed by atoms with E-state index in [9.17, 15) is 14.4 Å². The van der Waals surface area contributed by atoms with Gasteiger partial charge in [-0.05, 0) is 43.5 Å².